The van der Waals surface area contributed by atoms with Gasteiger partial charge in [-0.25, -0.2) is 4.79 Å². The van der Waals surface area contributed by atoms with Crippen molar-refractivity contribution in [3.63, 3.8) is 0 Å². The summed E-state index contributed by atoms with van der Waals surface area (Å²) < 4.78 is 16.2. The van der Waals surface area contributed by atoms with Crippen molar-refractivity contribution in [3.05, 3.63) is 54.1 Å². The van der Waals surface area contributed by atoms with Crippen molar-refractivity contribution in [2.45, 2.75) is 20.0 Å². The maximum Gasteiger partial charge on any atom is 0.339 e. The number of carbonyl (C=O) groups excluding carboxylic acids is 2. The summed E-state index contributed by atoms with van der Waals surface area (Å²) in [6, 6.07) is 14.9. The normalized spacial score (nSPS) is 14.8. The van der Waals surface area contributed by atoms with Crippen molar-refractivity contribution < 1.29 is 23.8 Å². The van der Waals surface area contributed by atoms with E-state index in [1.165, 1.54) is 7.11 Å². The van der Waals surface area contributed by atoms with Gasteiger partial charge in [0.2, 0.25) is 0 Å². The minimum atomic E-state index is -0.863. The third-order valence-electron chi connectivity index (χ3n) is 5.04. The Morgan fingerprint density at radius 3 is 2.33 bits per heavy atom. The van der Waals surface area contributed by atoms with E-state index < -0.39 is 12.1 Å². The Labute approximate surface area is 177 Å². The molecule has 0 saturated carbocycles. The lowest BCUT2D eigenvalue weighted by molar-refractivity contribution is -0.140. The van der Waals surface area contributed by atoms with Crippen molar-refractivity contribution >= 4 is 17.6 Å². The van der Waals surface area contributed by atoms with Gasteiger partial charge in [0.25, 0.3) is 5.91 Å². The Hall–Kier alpha value is -3.22. The quantitative estimate of drug-likeness (QED) is 0.652. The van der Waals surface area contributed by atoms with Crippen LogP contribution in [-0.4, -0.2) is 62.8 Å². The zero-order valence-electron chi connectivity index (χ0n) is 17.7. The molecular formula is C23H28N2O5. The number of amides is 1. The van der Waals surface area contributed by atoms with Gasteiger partial charge in [-0.1, -0.05) is 18.2 Å². The number of hydrogen-bond acceptors (Lipinski definition) is 6. The molecule has 0 radical (unpaired) electrons. The van der Waals surface area contributed by atoms with Gasteiger partial charge in [0.15, 0.2) is 17.6 Å². The van der Waals surface area contributed by atoms with Crippen molar-refractivity contribution in [2.75, 3.05) is 44.8 Å². The molecule has 1 fully saturated rings. The molecule has 7 heteroatoms. The van der Waals surface area contributed by atoms with E-state index in [4.69, 9.17) is 14.2 Å². The van der Waals surface area contributed by atoms with Crippen LogP contribution in [-0.2, 0) is 9.53 Å². The number of rotatable bonds is 7. The van der Waals surface area contributed by atoms with Gasteiger partial charge in [0, 0.05) is 31.9 Å². The van der Waals surface area contributed by atoms with E-state index in [9.17, 15) is 9.59 Å². The molecule has 30 heavy (non-hydrogen) atoms. The van der Waals surface area contributed by atoms with Crippen LogP contribution in [0.25, 0.3) is 0 Å². The molecule has 0 unspecified atom stereocenters. The Balaban J connectivity index is 1.56. The maximum absolute atomic E-state index is 12.8. The Kier molecular flexibility index (Phi) is 7.17. The number of hydrogen-bond donors (Lipinski definition) is 0. The van der Waals surface area contributed by atoms with E-state index in [0.717, 1.165) is 18.8 Å². The van der Waals surface area contributed by atoms with Gasteiger partial charge in [-0.05, 0) is 44.2 Å². The van der Waals surface area contributed by atoms with Gasteiger partial charge in [-0.2, -0.15) is 0 Å². The highest BCUT2D eigenvalue weighted by Crippen LogP contribution is 2.28. The first kappa shape index (κ1) is 21.5. The number of nitrogens with zero attached hydrogens (tertiary/aromatic N) is 2. The first-order valence-corrected chi connectivity index (χ1v) is 10.1. The minimum Gasteiger partial charge on any atom is -0.493 e. The molecule has 0 N–H and O–H groups in total. The molecule has 1 atom stereocenters. The topological polar surface area (TPSA) is 68.3 Å². The van der Waals surface area contributed by atoms with Gasteiger partial charge < -0.3 is 24.0 Å². The van der Waals surface area contributed by atoms with E-state index in [1.807, 2.05) is 25.1 Å². The lowest BCUT2D eigenvalue weighted by atomic mass is 10.2. The highest BCUT2D eigenvalue weighted by Gasteiger charge is 2.27. The summed E-state index contributed by atoms with van der Waals surface area (Å²) in [5.74, 6) is 0.244. The largest absolute Gasteiger partial charge is 0.493 e. The number of carbonyl (C=O) groups is 2. The zero-order chi connectivity index (χ0) is 21.5. The Morgan fingerprint density at radius 1 is 1.00 bits per heavy atom. The standard InChI is InChI=1S/C23H28N2O5/c1-4-29-20-11-10-18(16-21(20)28-3)23(27)30-17(2)22(26)25-14-12-24(13-15-25)19-8-6-5-7-9-19/h5-11,16-17H,4,12-15H2,1-3H3/t17-/m0/s1. The fourth-order valence-electron chi connectivity index (χ4n) is 3.43. The van der Waals surface area contributed by atoms with Gasteiger partial charge in [-0.15, -0.1) is 0 Å². The number of piperazine rings is 1. The predicted octanol–water partition coefficient (Wildman–Crippen LogP) is 2.99. The predicted molar refractivity (Wildman–Crippen MR) is 114 cm³/mol. The molecule has 2 aromatic carbocycles. The number of ether oxygens (including phenoxy) is 3. The van der Waals surface area contributed by atoms with Crippen molar-refractivity contribution in [2.24, 2.45) is 0 Å². The summed E-state index contributed by atoms with van der Waals surface area (Å²) in [4.78, 5) is 29.3. The van der Waals surface area contributed by atoms with Crippen LogP contribution in [0, 0.1) is 0 Å². The smallest absolute Gasteiger partial charge is 0.339 e. The van der Waals surface area contributed by atoms with Crippen LogP contribution in [0.1, 0.15) is 24.2 Å². The SMILES string of the molecule is CCOc1ccc(C(=O)O[C@@H](C)C(=O)N2CCN(c3ccccc3)CC2)cc1OC. The van der Waals surface area contributed by atoms with E-state index in [2.05, 4.69) is 17.0 Å². The van der Waals surface area contributed by atoms with Crippen molar-refractivity contribution in [1.82, 2.24) is 4.90 Å². The molecule has 1 aliphatic heterocycles. The van der Waals surface area contributed by atoms with E-state index in [-0.39, 0.29) is 5.91 Å². The molecular weight excluding hydrogens is 384 g/mol. The summed E-state index contributed by atoms with van der Waals surface area (Å²) in [5, 5.41) is 0. The lowest BCUT2D eigenvalue weighted by Gasteiger charge is -2.37. The summed E-state index contributed by atoms with van der Waals surface area (Å²) in [7, 11) is 1.51. The van der Waals surface area contributed by atoms with E-state index in [1.54, 1.807) is 30.0 Å². The number of methoxy groups -OCH3 is 1. The van der Waals surface area contributed by atoms with Crippen LogP contribution in [0.3, 0.4) is 0 Å². The molecule has 1 heterocycles. The van der Waals surface area contributed by atoms with E-state index >= 15 is 0 Å². The molecule has 1 saturated heterocycles. The number of anilines is 1. The van der Waals surface area contributed by atoms with Gasteiger partial charge >= 0.3 is 5.97 Å². The number of para-hydroxylation sites is 1. The Morgan fingerprint density at radius 2 is 1.70 bits per heavy atom. The Bertz CT molecular complexity index is 863. The fourth-order valence-corrected chi connectivity index (χ4v) is 3.43. The second kappa shape index (κ2) is 10.0. The number of esters is 1. The maximum atomic E-state index is 12.8. The summed E-state index contributed by atoms with van der Waals surface area (Å²) in [6.45, 7) is 6.63. The van der Waals surface area contributed by atoms with Crippen molar-refractivity contribution in [1.29, 1.82) is 0 Å². The minimum absolute atomic E-state index is 0.186. The van der Waals surface area contributed by atoms with Crippen LogP contribution in [0.5, 0.6) is 11.5 Å². The molecule has 7 nitrogen and oxygen atoms in total. The van der Waals surface area contributed by atoms with Gasteiger partial charge in [0.05, 0.1) is 19.3 Å². The average molecular weight is 412 g/mol. The third-order valence-corrected chi connectivity index (χ3v) is 5.04. The molecule has 3 rings (SSSR count). The molecule has 0 aromatic heterocycles. The summed E-state index contributed by atoms with van der Waals surface area (Å²) in [5.41, 5.74) is 1.46. The highest BCUT2D eigenvalue weighted by atomic mass is 16.5. The van der Waals surface area contributed by atoms with E-state index in [0.29, 0.717) is 36.8 Å². The molecule has 160 valence electrons. The second-order valence-electron chi connectivity index (χ2n) is 6.99. The highest BCUT2D eigenvalue weighted by molar-refractivity contribution is 5.93. The third kappa shape index (κ3) is 5.03. The zero-order valence-corrected chi connectivity index (χ0v) is 17.7. The molecule has 1 amide bonds. The van der Waals surface area contributed by atoms with Crippen LogP contribution < -0.4 is 14.4 Å². The van der Waals surface area contributed by atoms with Crippen LogP contribution in [0.4, 0.5) is 5.69 Å². The molecule has 0 aliphatic carbocycles. The monoisotopic (exact) mass is 412 g/mol. The summed E-state index contributed by atoms with van der Waals surface area (Å²) in [6.07, 6.45) is -0.863. The summed E-state index contributed by atoms with van der Waals surface area (Å²) >= 11 is 0. The molecule has 0 bridgehead atoms. The van der Waals surface area contributed by atoms with Crippen LogP contribution >= 0.6 is 0 Å². The first-order valence-electron chi connectivity index (χ1n) is 10.1. The second-order valence-corrected chi connectivity index (χ2v) is 6.99. The van der Waals surface area contributed by atoms with Crippen molar-refractivity contribution in [3.8, 4) is 11.5 Å². The van der Waals surface area contributed by atoms with Crippen LogP contribution in [0.15, 0.2) is 48.5 Å². The molecule has 0 spiro atoms. The first-order chi connectivity index (χ1) is 14.5. The average Bonchev–Trinajstić information content (AvgIpc) is 2.79. The number of benzene rings is 2. The lowest BCUT2D eigenvalue weighted by Crippen LogP contribution is -2.51. The molecule has 2 aromatic rings. The van der Waals surface area contributed by atoms with Gasteiger partial charge in [-0.3, -0.25) is 4.79 Å². The van der Waals surface area contributed by atoms with Crippen LogP contribution in [0.2, 0.25) is 0 Å². The fraction of sp³-hybridized carbons (Fsp3) is 0.391. The van der Waals surface area contributed by atoms with Gasteiger partial charge in [0.1, 0.15) is 0 Å². The molecule has 1 aliphatic rings.